The van der Waals surface area contributed by atoms with Crippen molar-refractivity contribution >= 4 is 44.9 Å². The Bertz CT molecular complexity index is 1040. The molecular formula is C20H23ClN2O6S. The number of methoxy groups -OCH3 is 1. The molecule has 1 amide bonds. The first-order valence-corrected chi connectivity index (χ1v) is 11.2. The summed E-state index contributed by atoms with van der Waals surface area (Å²) in [6.45, 7) is 3.35. The Morgan fingerprint density at radius 1 is 1.20 bits per heavy atom. The molecule has 0 aliphatic carbocycles. The molecule has 2 aromatic carbocycles. The monoisotopic (exact) mass is 454 g/mol. The summed E-state index contributed by atoms with van der Waals surface area (Å²) in [5.41, 5.74) is 0.720. The number of carbonyl (C=O) groups excluding carboxylic acids is 2. The number of nitrogens with one attached hydrogen (secondary N) is 1. The minimum Gasteiger partial charge on any atom is -0.495 e. The molecule has 30 heavy (non-hydrogen) atoms. The second-order valence-electron chi connectivity index (χ2n) is 6.34. The quantitative estimate of drug-likeness (QED) is 0.614. The van der Waals surface area contributed by atoms with Crippen LogP contribution in [0.3, 0.4) is 0 Å². The van der Waals surface area contributed by atoms with Crippen LogP contribution in [0.1, 0.15) is 24.2 Å². The highest BCUT2D eigenvalue weighted by Gasteiger charge is 2.31. The van der Waals surface area contributed by atoms with Gasteiger partial charge in [0.1, 0.15) is 11.8 Å². The third-order valence-corrected chi connectivity index (χ3v) is 5.57. The fourth-order valence-electron chi connectivity index (χ4n) is 2.80. The van der Waals surface area contributed by atoms with Crippen molar-refractivity contribution in [2.45, 2.75) is 19.9 Å². The van der Waals surface area contributed by atoms with E-state index < -0.39 is 27.9 Å². The van der Waals surface area contributed by atoms with Crippen molar-refractivity contribution in [1.82, 2.24) is 0 Å². The largest absolute Gasteiger partial charge is 0.495 e. The Kier molecular flexibility index (Phi) is 7.69. The smallest absolute Gasteiger partial charge is 0.338 e. The lowest BCUT2D eigenvalue weighted by molar-refractivity contribution is -0.116. The number of halogens is 1. The molecule has 1 atom stereocenters. The minimum atomic E-state index is -3.87. The SMILES string of the molecule is CCOC(=O)c1cccc(NC(=O)C(C)N(c2cc(Cl)ccc2OC)S(C)(=O)=O)c1. The van der Waals surface area contributed by atoms with Crippen LogP contribution in [0, 0.1) is 0 Å². The molecular weight excluding hydrogens is 432 g/mol. The van der Waals surface area contributed by atoms with Gasteiger partial charge in [-0.25, -0.2) is 13.2 Å². The number of hydrogen-bond donors (Lipinski definition) is 1. The summed E-state index contributed by atoms with van der Waals surface area (Å²) in [6.07, 6.45) is 0.985. The summed E-state index contributed by atoms with van der Waals surface area (Å²) >= 11 is 6.03. The number of rotatable bonds is 8. The van der Waals surface area contributed by atoms with Crippen LogP contribution < -0.4 is 14.4 Å². The molecule has 0 saturated heterocycles. The predicted octanol–water partition coefficient (Wildman–Crippen LogP) is 3.32. The Labute approximate surface area is 180 Å². The average Bonchev–Trinajstić information content (AvgIpc) is 2.67. The first-order valence-electron chi connectivity index (χ1n) is 8.99. The Morgan fingerprint density at radius 3 is 2.50 bits per heavy atom. The maximum absolute atomic E-state index is 12.9. The topological polar surface area (TPSA) is 102 Å². The maximum Gasteiger partial charge on any atom is 0.338 e. The van der Waals surface area contributed by atoms with Crippen LogP contribution in [0.15, 0.2) is 42.5 Å². The molecule has 1 N–H and O–H groups in total. The first kappa shape index (κ1) is 23.5. The zero-order valence-electron chi connectivity index (χ0n) is 17.0. The zero-order chi connectivity index (χ0) is 22.5. The van der Waals surface area contributed by atoms with E-state index in [-0.39, 0.29) is 28.6 Å². The average molecular weight is 455 g/mol. The van der Waals surface area contributed by atoms with Gasteiger partial charge < -0.3 is 14.8 Å². The Morgan fingerprint density at radius 2 is 1.90 bits per heavy atom. The van der Waals surface area contributed by atoms with Crippen molar-refractivity contribution in [3.8, 4) is 5.75 Å². The summed E-state index contributed by atoms with van der Waals surface area (Å²) in [5.74, 6) is -0.889. The van der Waals surface area contributed by atoms with Crippen LogP contribution >= 0.6 is 11.6 Å². The summed E-state index contributed by atoms with van der Waals surface area (Å²) in [7, 11) is -2.49. The van der Waals surface area contributed by atoms with Crippen LogP contribution in [0.4, 0.5) is 11.4 Å². The standard InChI is InChI=1S/C20H23ClN2O6S/c1-5-29-20(25)14-7-6-8-16(11-14)22-19(24)13(2)23(30(4,26)27)17-12-15(21)9-10-18(17)28-3/h6-13H,5H2,1-4H3,(H,22,24). The van der Waals surface area contributed by atoms with Gasteiger partial charge in [-0.15, -0.1) is 0 Å². The summed E-state index contributed by atoms with van der Waals surface area (Å²) in [6, 6.07) is 9.51. The molecule has 2 aromatic rings. The van der Waals surface area contributed by atoms with Gasteiger partial charge in [0.05, 0.1) is 31.2 Å². The van der Waals surface area contributed by atoms with Gasteiger partial charge in [-0.1, -0.05) is 17.7 Å². The number of nitrogens with zero attached hydrogens (tertiary/aromatic N) is 1. The predicted molar refractivity (Wildman–Crippen MR) is 116 cm³/mol. The van der Waals surface area contributed by atoms with Crippen LogP contribution in [0.25, 0.3) is 0 Å². The van der Waals surface area contributed by atoms with E-state index in [0.717, 1.165) is 10.6 Å². The molecule has 0 bridgehead atoms. The van der Waals surface area contributed by atoms with E-state index in [2.05, 4.69) is 5.32 Å². The molecule has 2 rings (SSSR count). The summed E-state index contributed by atoms with van der Waals surface area (Å²) < 4.78 is 36.1. The van der Waals surface area contributed by atoms with Gasteiger partial charge in [-0.2, -0.15) is 0 Å². The van der Waals surface area contributed by atoms with Gasteiger partial charge in [-0.05, 0) is 50.2 Å². The van der Waals surface area contributed by atoms with E-state index in [1.54, 1.807) is 31.2 Å². The number of esters is 1. The normalized spacial score (nSPS) is 12.0. The van der Waals surface area contributed by atoms with Crippen molar-refractivity contribution in [2.24, 2.45) is 0 Å². The Hall–Kier alpha value is -2.78. The van der Waals surface area contributed by atoms with E-state index in [9.17, 15) is 18.0 Å². The summed E-state index contributed by atoms with van der Waals surface area (Å²) in [4.78, 5) is 24.8. The molecule has 0 saturated carbocycles. The van der Waals surface area contributed by atoms with E-state index >= 15 is 0 Å². The van der Waals surface area contributed by atoms with Gasteiger partial charge >= 0.3 is 5.97 Å². The van der Waals surface area contributed by atoms with E-state index in [1.807, 2.05) is 0 Å². The first-order chi connectivity index (χ1) is 14.1. The number of ether oxygens (including phenoxy) is 2. The fraction of sp³-hybridized carbons (Fsp3) is 0.300. The van der Waals surface area contributed by atoms with Crippen molar-refractivity contribution in [2.75, 3.05) is 29.6 Å². The highest BCUT2D eigenvalue weighted by atomic mass is 35.5. The minimum absolute atomic E-state index is 0.135. The van der Waals surface area contributed by atoms with Gasteiger partial charge in [-0.3, -0.25) is 9.10 Å². The third-order valence-electron chi connectivity index (χ3n) is 4.11. The molecule has 0 aromatic heterocycles. The number of hydrogen-bond acceptors (Lipinski definition) is 6. The van der Waals surface area contributed by atoms with Crippen LogP contribution in [-0.2, 0) is 19.6 Å². The second kappa shape index (κ2) is 9.82. The lowest BCUT2D eigenvalue weighted by atomic mass is 10.2. The summed E-state index contributed by atoms with van der Waals surface area (Å²) in [5, 5.41) is 2.91. The molecule has 162 valence electrons. The highest BCUT2D eigenvalue weighted by molar-refractivity contribution is 7.92. The molecule has 8 nitrogen and oxygen atoms in total. The Balaban J connectivity index is 2.35. The number of carbonyl (C=O) groups is 2. The number of anilines is 2. The lowest BCUT2D eigenvalue weighted by Gasteiger charge is -2.29. The van der Waals surface area contributed by atoms with E-state index in [1.165, 1.54) is 32.2 Å². The number of benzene rings is 2. The van der Waals surface area contributed by atoms with Crippen LogP contribution in [0.5, 0.6) is 5.75 Å². The van der Waals surface area contributed by atoms with Gasteiger partial charge in [0.2, 0.25) is 15.9 Å². The fourth-order valence-corrected chi connectivity index (χ4v) is 4.14. The van der Waals surface area contributed by atoms with Gasteiger partial charge in [0, 0.05) is 10.7 Å². The second-order valence-corrected chi connectivity index (χ2v) is 8.64. The lowest BCUT2D eigenvalue weighted by Crippen LogP contribution is -2.45. The molecule has 0 aliphatic heterocycles. The van der Waals surface area contributed by atoms with E-state index in [0.29, 0.717) is 5.69 Å². The molecule has 0 heterocycles. The molecule has 0 radical (unpaired) electrons. The molecule has 0 aliphatic rings. The molecule has 1 unspecified atom stereocenters. The van der Waals surface area contributed by atoms with Crippen molar-refractivity contribution < 1.29 is 27.5 Å². The zero-order valence-corrected chi connectivity index (χ0v) is 18.6. The molecule has 0 fully saturated rings. The van der Waals surface area contributed by atoms with Crippen molar-refractivity contribution in [1.29, 1.82) is 0 Å². The highest BCUT2D eigenvalue weighted by Crippen LogP contribution is 2.34. The van der Waals surface area contributed by atoms with Crippen molar-refractivity contribution in [3.05, 3.63) is 53.1 Å². The van der Waals surface area contributed by atoms with Gasteiger partial charge in [0.15, 0.2) is 0 Å². The van der Waals surface area contributed by atoms with Gasteiger partial charge in [0.25, 0.3) is 0 Å². The number of sulfonamides is 1. The maximum atomic E-state index is 12.9. The number of amides is 1. The molecule has 10 heteroatoms. The van der Waals surface area contributed by atoms with Crippen LogP contribution in [-0.4, -0.2) is 46.3 Å². The van der Waals surface area contributed by atoms with Crippen LogP contribution in [0.2, 0.25) is 5.02 Å². The molecule has 0 spiro atoms. The van der Waals surface area contributed by atoms with E-state index in [4.69, 9.17) is 21.1 Å². The third kappa shape index (κ3) is 5.64. The van der Waals surface area contributed by atoms with Crippen molar-refractivity contribution in [3.63, 3.8) is 0 Å².